The van der Waals surface area contributed by atoms with E-state index in [9.17, 15) is 18.0 Å². The molecule has 1 aromatic carbocycles. The first-order valence-electron chi connectivity index (χ1n) is 12.7. The van der Waals surface area contributed by atoms with Gasteiger partial charge in [0.05, 0.1) is 18.4 Å². The van der Waals surface area contributed by atoms with Crippen molar-refractivity contribution < 1.29 is 22.7 Å². The van der Waals surface area contributed by atoms with Gasteiger partial charge in [0.1, 0.15) is 5.75 Å². The lowest BCUT2D eigenvalue weighted by Crippen LogP contribution is -2.46. The molecule has 0 radical (unpaired) electrons. The maximum absolute atomic E-state index is 13.7. The molecule has 0 bridgehead atoms. The summed E-state index contributed by atoms with van der Waals surface area (Å²) < 4.78 is 46.6. The fraction of sp³-hybridized carbons (Fsp3) is 0.407. The minimum absolute atomic E-state index is 0.253. The zero-order valence-electron chi connectivity index (χ0n) is 21.5. The van der Waals surface area contributed by atoms with Gasteiger partial charge in [-0.2, -0.15) is 13.2 Å². The van der Waals surface area contributed by atoms with Gasteiger partial charge in [0.2, 0.25) is 0 Å². The zero-order valence-corrected chi connectivity index (χ0v) is 21.5. The van der Waals surface area contributed by atoms with Crippen molar-refractivity contribution in [2.45, 2.75) is 33.0 Å². The molecule has 0 saturated carbocycles. The minimum atomic E-state index is -4.47. The maximum atomic E-state index is 13.7. The Morgan fingerprint density at radius 2 is 1.79 bits per heavy atom. The number of nitrogens with zero attached hydrogens (tertiary/aromatic N) is 5. The van der Waals surface area contributed by atoms with Gasteiger partial charge < -0.3 is 15.0 Å². The smallest absolute Gasteiger partial charge is 0.416 e. The second-order valence-corrected chi connectivity index (χ2v) is 9.05. The predicted octanol–water partition coefficient (Wildman–Crippen LogP) is 4.42. The number of anilines is 1. The van der Waals surface area contributed by atoms with E-state index in [0.717, 1.165) is 12.5 Å². The lowest BCUT2D eigenvalue weighted by Gasteiger charge is -2.35. The Kier molecular flexibility index (Phi) is 8.77. The normalized spacial score (nSPS) is 14.4. The van der Waals surface area contributed by atoms with Gasteiger partial charge in [-0.15, -0.1) is 10.2 Å². The van der Waals surface area contributed by atoms with E-state index in [1.807, 2.05) is 13.8 Å². The number of hydrogen-bond donors (Lipinski definition) is 1. The van der Waals surface area contributed by atoms with E-state index < -0.39 is 11.7 Å². The van der Waals surface area contributed by atoms with Crippen LogP contribution in [-0.4, -0.2) is 65.3 Å². The van der Waals surface area contributed by atoms with E-state index in [4.69, 9.17) is 4.74 Å². The molecule has 11 heteroatoms. The lowest BCUT2D eigenvalue weighted by molar-refractivity contribution is -0.137. The number of carbonyl (C=O) groups excluding carboxylic acids is 1. The van der Waals surface area contributed by atoms with Crippen molar-refractivity contribution in [3.63, 3.8) is 0 Å². The Bertz CT molecular complexity index is 1230. The Morgan fingerprint density at radius 3 is 2.45 bits per heavy atom. The molecule has 4 rings (SSSR count). The molecule has 8 nitrogen and oxygen atoms in total. The number of carbonyl (C=O) groups is 1. The summed E-state index contributed by atoms with van der Waals surface area (Å²) in [6.07, 6.45) is -0.547. The fourth-order valence-corrected chi connectivity index (χ4v) is 4.27. The number of hydrogen-bond acceptors (Lipinski definition) is 7. The summed E-state index contributed by atoms with van der Waals surface area (Å²) >= 11 is 0. The molecule has 1 amide bonds. The molecule has 0 unspecified atom stereocenters. The molecule has 1 saturated heterocycles. The van der Waals surface area contributed by atoms with E-state index in [2.05, 4.69) is 30.3 Å². The van der Waals surface area contributed by atoms with Crippen LogP contribution in [0.4, 0.5) is 19.0 Å². The van der Waals surface area contributed by atoms with Crippen molar-refractivity contribution in [2.24, 2.45) is 0 Å². The number of nitrogens with one attached hydrogen (secondary N) is 1. The van der Waals surface area contributed by atoms with Gasteiger partial charge in [-0.25, -0.2) is 0 Å². The first-order valence-corrected chi connectivity index (χ1v) is 12.7. The van der Waals surface area contributed by atoms with Crippen molar-refractivity contribution in [3.05, 3.63) is 65.6 Å². The summed E-state index contributed by atoms with van der Waals surface area (Å²) in [5, 5.41) is 11.0. The van der Waals surface area contributed by atoms with Crippen LogP contribution in [0.3, 0.4) is 0 Å². The number of rotatable bonds is 9. The van der Waals surface area contributed by atoms with Crippen molar-refractivity contribution in [1.82, 2.24) is 25.4 Å². The summed E-state index contributed by atoms with van der Waals surface area (Å²) in [5.41, 5.74) is 1.17. The van der Waals surface area contributed by atoms with Crippen molar-refractivity contribution in [2.75, 3.05) is 44.2 Å². The number of piperazine rings is 1. The standard InChI is InChI=1S/C27H31F3N6O2/c1-3-7-32-26(37)24-5-6-25(34-33-24)36-10-8-35(9-11-36)18-19-12-20(14-22(13-19)27(28,29)30)21-15-23(38-4-2)17-31-16-21/h5-6,12-17H,3-4,7-11,18H2,1-2H3,(H,32,37). The van der Waals surface area contributed by atoms with Crippen LogP contribution in [0.25, 0.3) is 11.1 Å². The van der Waals surface area contributed by atoms with Gasteiger partial charge in [0.15, 0.2) is 11.5 Å². The van der Waals surface area contributed by atoms with Crippen LogP contribution in [0.5, 0.6) is 5.75 Å². The number of alkyl halides is 3. The van der Waals surface area contributed by atoms with Crippen LogP contribution < -0.4 is 15.0 Å². The molecule has 3 aromatic rings. The summed E-state index contributed by atoms with van der Waals surface area (Å²) in [4.78, 5) is 20.3. The molecular weight excluding hydrogens is 497 g/mol. The highest BCUT2D eigenvalue weighted by atomic mass is 19.4. The van der Waals surface area contributed by atoms with E-state index in [1.54, 1.807) is 36.7 Å². The fourth-order valence-electron chi connectivity index (χ4n) is 4.27. The second kappa shape index (κ2) is 12.2. The zero-order chi connectivity index (χ0) is 27.1. The Balaban J connectivity index is 1.44. The average molecular weight is 529 g/mol. The van der Waals surface area contributed by atoms with Crippen molar-refractivity contribution in [1.29, 1.82) is 0 Å². The SMILES string of the molecule is CCCNC(=O)c1ccc(N2CCN(Cc3cc(-c4cncc(OCC)c4)cc(C(F)(F)F)c3)CC2)nn1. The molecule has 0 atom stereocenters. The Labute approximate surface area is 219 Å². The highest BCUT2D eigenvalue weighted by Gasteiger charge is 2.31. The average Bonchev–Trinajstić information content (AvgIpc) is 2.92. The molecule has 202 valence electrons. The highest BCUT2D eigenvalue weighted by Crippen LogP contribution is 2.34. The second-order valence-electron chi connectivity index (χ2n) is 9.05. The molecule has 3 heterocycles. The van der Waals surface area contributed by atoms with E-state index in [-0.39, 0.29) is 11.6 Å². The van der Waals surface area contributed by atoms with Crippen molar-refractivity contribution >= 4 is 11.7 Å². The monoisotopic (exact) mass is 528 g/mol. The Hall–Kier alpha value is -3.73. The van der Waals surface area contributed by atoms with Gasteiger partial charge in [-0.3, -0.25) is 14.7 Å². The van der Waals surface area contributed by atoms with Gasteiger partial charge in [-0.05, 0) is 60.9 Å². The van der Waals surface area contributed by atoms with Gasteiger partial charge in [0.25, 0.3) is 5.91 Å². The summed E-state index contributed by atoms with van der Waals surface area (Å²) in [6, 6.07) is 9.27. The Morgan fingerprint density at radius 1 is 1.00 bits per heavy atom. The number of benzene rings is 1. The van der Waals surface area contributed by atoms with Crippen LogP contribution in [0.1, 0.15) is 41.9 Å². The molecular formula is C27H31F3N6O2. The van der Waals surface area contributed by atoms with Crippen molar-refractivity contribution in [3.8, 4) is 16.9 Å². The molecule has 1 aliphatic rings. The van der Waals surface area contributed by atoms with Gasteiger partial charge in [-0.1, -0.05) is 6.92 Å². The maximum Gasteiger partial charge on any atom is 0.416 e. The number of pyridine rings is 1. The summed E-state index contributed by atoms with van der Waals surface area (Å²) in [6.45, 7) is 7.78. The molecule has 1 aliphatic heterocycles. The van der Waals surface area contributed by atoms with E-state index in [1.165, 1.54) is 6.07 Å². The van der Waals surface area contributed by atoms with Crippen LogP contribution in [0.15, 0.2) is 48.8 Å². The summed E-state index contributed by atoms with van der Waals surface area (Å²) in [7, 11) is 0. The molecule has 0 aliphatic carbocycles. The topological polar surface area (TPSA) is 83.5 Å². The van der Waals surface area contributed by atoms with E-state index >= 15 is 0 Å². The highest BCUT2D eigenvalue weighted by molar-refractivity contribution is 5.92. The predicted molar refractivity (Wildman–Crippen MR) is 138 cm³/mol. The quantitative estimate of drug-likeness (QED) is 0.440. The van der Waals surface area contributed by atoms with Crippen LogP contribution in [0.2, 0.25) is 0 Å². The summed E-state index contributed by atoms with van der Waals surface area (Å²) in [5.74, 6) is 0.925. The van der Waals surface area contributed by atoms with E-state index in [0.29, 0.717) is 74.1 Å². The number of halogens is 3. The van der Waals surface area contributed by atoms with Crippen LogP contribution in [0, 0.1) is 0 Å². The number of ether oxygens (including phenoxy) is 1. The minimum Gasteiger partial charge on any atom is -0.492 e. The first-order chi connectivity index (χ1) is 18.3. The first kappa shape index (κ1) is 27.3. The molecule has 0 spiro atoms. The largest absolute Gasteiger partial charge is 0.492 e. The third kappa shape index (κ3) is 6.97. The lowest BCUT2D eigenvalue weighted by atomic mass is 10.00. The number of aromatic nitrogens is 3. The van der Waals surface area contributed by atoms with Crippen LogP contribution >= 0.6 is 0 Å². The third-order valence-corrected chi connectivity index (χ3v) is 6.20. The number of amides is 1. The van der Waals surface area contributed by atoms with Crippen LogP contribution in [-0.2, 0) is 12.7 Å². The van der Waals surface area contributed by atoms with Gasteiger partial charge >= 0.3 is 6.18 Å². The molecule has 2 aromatic heterocycles. The molecule has 38 heavy (non-hydrogen) atoms. The molecule has 1 N–H and O–H groups in total. The third-order valence-electron chi connectivity index (χ3n) is 6.20. The van der Waals surface area contributed by atoms with Gasteiger partial charge in [0, 0.05) is 51.0 Å². The molecule has 1 fully saturated rings.